The zero-order chi connectivity index (χ0) is 25.3. The van der Waals surface area contributed by atoms with Crippen molar-refractivity contribution in [1.29, 1.82) is 0 Å². The normalized spacial score (nSPS) is 14.6. The fourth-order valence-electron chi connectivity index (χ4n) is 4.28. The molecule has 1 N–H and O–H groups in total. The van der Waals surface area contributed by atoms with Crippen LogP contribution in [0.5, 0.6) is 0 Å². The topological polar surface area (TPSA) is 68.3 Å². The summed E-state index contributed by atoms with van der Waals surface area (Å²) in [4.78, 5) is 24.9. The van der Waals surface area contributed by atoms with Gasteiger partial charge in [-0.2, -0.15) is 4.37 Å². The van der Waals surface area contributed by atoms with E-state index in [1.807, 2.05) is 86.6 Å². The van der Waals surface area contributed by atoms with Gasteiger partial charge in [0.1, 0.15) is 12.4 Å². The van der Waals surface area contributed by atoms with E-state index in [0.29, 0.717) is 16.4 Å². The first-order valence-electron chi connectivity index (χ1n) is 11.8. The molecule has 5 rings (SSSR count). The fourth-order valence-corrected chi connectivity index (χ4v) is 5.41. The van der Waals surface area contributed by atoms with E-state index in [0.717, 1.165) is 51.8 Å². The number of carbonyl (C=O) groups is 2. The maximum atomic E-state index is 12.7. The van der Waals surface area contributed by atoms with E-state index in [1.54, 1.807) is 0 Å². The molecule has 1 aromatic heterocycles. The highest BCUT2D eigenvalue weighted by molar-refractivity contribution is 7.10. The molecule has 4 aromatic rings. The number of aromatic nitrogens is 1. The third kappa shape index (κ3) is 4.79. The smallest absolute Gasteiger partial charge is 0.412 e. The lowest BCUT2D eigenvalue weighted by molar-refractivity contribution is -0.109. The molecule has 182 valence electrons. The summed E-state index contributed by atoms with van der Waals surface area (Å²) in [5.74, 6) is 0. The van der Waals surface area contributed by atoms with Crippen LogP contribution in [-0.4, -0.2) is 16.8 Å². The fraction of sp³-hybridized carbons (Fsp3) is 0.207. The van der Waals surface area contributed by atoms with E-state index < -0.39 is 6.09 Å². The summed E-state index contributed by atoms with van der Waals surface area (Å²) in [6.07, 6.45) is 1.96. The standard InChI is InChI=1S/C29H25ClN2O3S/c1-18-26(31-28(34)35-19(2)20-6-4-3-5-7-20)27(36-32-18)22-10-13-24(25(30)16-22)21-8-11-23(12-9-21)29(17-33)14-15-29/h3-13,16-17,19H,14-15H2,1-2H3,(H,31,34)/t19-/m1/s1. The molecule has 36 heavy (non-hydrogen) atoms. The van der Waals surface area contributed by atoms with Crippen molar-refractivity contribution in [3.8, 4) is 21.6 Å². The summed E-state index contributed by atoms with van der Waals surface area (Å²) < 4.78 is 10.0. The number of carbonyl (C=O) groups excluding carboxylic acids is 2. The van der Waals surface area contributed by atoms with Crippen molar-refractivity contribution < 1.29 is 14.3 Å². The molecule has 1 fully saturated rings. The Morgan fingerprint density at radius 3 is 2.42 bits per heavy atom. The van der Waals surface area contributed by atoms with E-state index in [4.69, 9.17) is 16.3 Å². The number of halogens is 1. The molecule has 1 atom stereocenters. The van der Waals surface area contributed by atoms with Crippen LogP contribution >= 0.6 is 23.1 Å². The molecule has 1 amide bonds. The molecule has 1 saturated carbocycles. The molecule has 3 aromatic carbocycles. The number of ether oxygens (including phenoxy) is 1. The van der Waals surface area contributed by atoms with Gasteiger partial charge in [-0.3, -0.25) is 5.32 Å². The monoisotopic (exact) mass is 516 g/mol. The summed E-state index contributed by atoms with van der Waals surface area (Å²) in [6.45, 7) is 3.68. The van der Waals surface area contributed by atoms with Crippen molar-refractivity contribution in [1.82, 2.24) is 4.37 Å². The van der Waals surface area contributed by atoms with Gasteiger partial charge in [-0.05, 0) is 66.5 Å². The van der Waals surface area contributed by atoms with Crippen LogP contribution in [0.2, 0.25) is 5.02 Å². The molecular weight excluding hydrogens is 492 g/mol. The zero-order valence-electron chi connectivity index (χ0n) is 20.0. The SMILES string of the molecule is Cc1nsc(-c2ccc(-c3ccc(C4(C=O)CC4)cc3)c(Cl)c2)c1NC(=O)O[C@H](C)c1ccccc1. The van der Waals surface area contributed by atoms with Crippen LogP contribution in [-0.2, 0) is 14.9 Å². The molecule has 0 spiro atoms. The van der Waals surface area contributed by atoms with Crippen LogP contribution in [0.4, 0.5) is 10.5 Å². The van der Waals surface area contributed by atoms with E-state index in [9.17, 15) is 9.59 Å². The van der Waals surface area contributed by atoms with Gasteiger partial charge in [0, 0.05) is 10.6 Å². The van der Waals surface area contributed by atoms with Crippen molar-refractivity contribution in [3.63, 3.8) is 0 Å². The van der Waals surface area contributed by atoms with Gasteiger partial charge >= 0.3 is 6.09 Å². The Kier molecular flexibility index (Phi) is 6.65. The lowest BCUT2D eigenvalue weighted by Crippen LogP contribution is -2.16. The van der Waals surface area contributed by atoms with Crippen molar-refractivity contribution >= 4 is 41.2 Å². The number of anilines is 1. The molecule has 1 aliphatic rings. The molecule has 5 nitrogen and oxygen atoms in total. The van der Waals surface area contributed by atoms with Gasteiger partial charge in [-0.15, -0.1) is 0 Å². The average Bonchev–Trinajstić information content (AvgIpc) is 3.62. The Morgan fingerprint density at radius 2 is 1.78 bits per heavy atom. The minimum atomic E-state index is -0.539. The number of benzene rings is 3. The van der Waals surface area contributed by atoms with Gasteiger partial charge in [0.15, 0.2) is 0 Å². The molecular formula is C29H25ClN2O3S. The van der Waals surface area contributed by atoms with Gasteiger partial charge in [0.25, 0.3) is 0 Å². The Hall–Kier alpha value is -3.48. The van der Waals surface area contributed by atoms with Crippen molar-refractivity contribution in [3.05, 3.63) is 94.6 Å². The van der Waals surface area contributed by atoms with Crippen LogP contribution in [0.25, 0.3) is 21.6 Å². The predicted molar refractivity (Wildman–Crippen MR) is 145 cm³/mol. The number of amides is 1. The van der Waals surface area contributed by atoms with Crippen LogP contribution in [0.3, 0.4) is 0 Å². The molecule has 1 heterocycles. The number of hydrogen-bond acceptors (Lipinski definition) is 5. The highest BCUT2D eigenvalue weighted by Crippen LogP contribution is 2.47. The summed E-state index contributed by atoms with van der Waals surface area (Å²) in [7, 11) is 0. The minimum absolute atomic E-state index is 0.292. The van der Waals surface area contributed by atoms with E-state index >= 15 is 0 Å². The average molecular weight is 517 g/mol. The second-order valence-corrected chi connectivity index (χ2v) is 10.3. The second kappa shape index (κ2) is 9.88. The number of rotatable bonds is 7. The lowest BCUT2D eigenvalue weighted by atomic mass is 9.94. The maximum Gasteiger partial charge on any atom is 0.412 e. The van der Waals surface area contributed by atoms with Gasteiger partial charge in [-0.25, -0.2) is 4.79 Å². The van der Waals surface area contributed by atoms with Gasteiger partial charge < -0.3 is 9.53 Å². The minimum Gasteiger partial charge on any atom is -0.441 e. The summed E-state index contributed by atoms with van der Waals surface area (Å²) in [5.41, 5.74) is 5.74. The number of hydrogen-bond donors (Lipinski definition) is 1. The molecule has 7 heteroatoms. The first-order chi connectivity index (χ1) is 17.4. The van der Waals surface area contributed by atoms with Crippen molar-refractivity contribution in [2.24, 2.45) is 0 Å². The van der Waals surface area contributed by atoms with Gasteiger partial charge in [0.2, 0.25) is 0 Å². The summed E-state index contributed by atoms with van der Waals surface area (Å²) in [5, 5.41) is 3.46. The third-order valence-corrected chi connectivity index (χ3v) is 7.96. The first-order valence-corrected chi connectivity index (χ1v) is 12.9. The molecule has 1 aliphatic carbocycles. The highest BCUT2D eigenvalue weighted by atomic mass is 35.5. The van der Waals surface area contributed by atoms with Crippen molar-refractivity contribution in [2.45, 2.75) is 38.2 Å². The molecule has 0 aliphatic heterocycles. The Labute approximate surface area is 219 Å². The first kappa shape index (κ1) is 24.2. The largest absolute Gasteiger partial charge is 0.441 e. The Morgan fingerprint density at radius 1 is 1.08 bits per heavy atom. The summed E-state index contributed by atoms with van der Waals surface area (Å²) >= 11 is 8.00. The van der Waals surface area contributed by atoms with E-state index in [1.165, 1.54) is 11.5 Å². The molecule has 0 unspecified atom stereocenters. The summed E-state index contributed by atoms with van der Waals surface area (Å²) in [6, 6.07) is 23.4. The molecule has 0 bridgehead atoms. The number of nitrogens with one attached hydrogen (secondary N) is 1. The van der Waals surface area contributed by atoms with E-state index in [-0.39, 0.29) is 11.5 Å². The quantitative estimate of drug-likeness (QED) is 0.253. The number of aryl methyl sites for hydroxylation is 1. The van der Waals surface area contributed by atoms with Crippen LogP contribution in [0.1, 0.15) is 42.7 Å². The van der Waals surface area contributed by atoms with E-state index in [2.05, 4.69) is 9.69 Å². The van der Waals surface area contributed by atoms with Gasteiger partial charge in [-0.1, -0.05) is 78.3 Å². The van der Waals surface area contributed by atoms with Crippen LogP contribution in [0.15, 0.2) is 72.8 Å². The van der Waals surface area contributed by atoms with Crippen molar-refractivity contribution in [2.75, 3.05) is 5.32 Å². The number of nitrogens with zero attached hydrogens (tertiary/aromatic N) is 1. The van der Waals surface area contributed by atoms with Gasteiger partial charge in [0.05, 0.1) is 21.7 Å². The van der Waals surface area contributed by atoms with Crippen LogP contribution < -0.4 is 5.32 Å². The second-order valence-electron chi connectivity index (χ2n) is 9.10. The highest BCUT2D eigenvalue weighted by Gasteiger charge is 2.44. The Bertz CT molecular complexity index is 1410. The molecule has 0 saturated heterocycles. The third-order valence-electron chi connectivity index (χ3n) is 6.66. The number of aldehydes is 1. The maximum absolute atomic E-state index is 12.7. The molecule has 0 radical (unpaired) electrons. The predicted octanol–water partition coefficient (Wildman–Crippen LogP) is 7.98. The Balaban J connectivity index is 1.34. The van der Waals surface area contributed by atoms with Crippen LogP contribution in [0, 0.1) is 6.92 Å². The lowest BCUT2D eigenvalue weighted by Gasteiger charge is -2.15. The zero-order valence-corrected chi connectivity index (χ0v) is 21.5.